The van der Waals surface area contributed by atoms with Gasteiger partial charge in [-0.2, -0.15) is 0 Å². The van der Waals surface area contributed by atoms with Gasteiger partial charge in [-0.1, -0.05) is 0 Å². The molecule has 0 aliphatic heterocycles. The highest BCUT2D eigenvalue weighted by molar-refractivity contribution is 7.20. The fourth-order valence-electron chi connectivity index (χ4n) is 2.33. The van der Waals surface area contributed by atoms with Crippen LogP contribution in [0.2, 0.25) is 0 Å². The molecule has 0 unspecified atom stereocenters. The number of fused-ring (bicyclic) bond motifs is 1. The zero-order valence-corrected chi connectivity index (χ0v) is 13.8. The number of methoxy groups -OCH3 is 2. The van der Waals surface area contributed by atoms with E-state index in [1.165, 1.54) is 18.4 Å². The molecule has 122 valence electrons. The number of benzene rings is 1. The van der Waals surface area contributed by atoms with Crippen molar-refractivity contribution in [1.82, 2.24) is 9.97 Å². The SMILES string of the molecule is COc1ccc(C(=N)c2nc(N)nc3sc(C=O)cc23)cc1OC. The van der Waals surface area contributed by atoms with Gasteiger partial charge in [0.05, 0.1) is 24.8 Å². The summed E-state index contributed by atoms with van der Waals surface area (Å²) in [6.45, 7) is 0. The number of hydrogen-bond donors (Lipinski definition) is 2. The number of ether oxygens (including phenoxy) is 2. The number of nitrogens with two attached hydrogens (primary N) is 1. The summed E-state index contributed by atoms with van der Waals surface area (Å²) in [5.41, 5.74) is 6.86. The molecule has 0 fully saturated rings. The van der Waals surface area contributed by atoms with Crippen LogP contribution in [0, 0.1) is 5.41 Å². The molecule has 1 aromatic carbocycles. The van der Waals surface area contributed by atoms with Crippen LogP contribution in [0.3, 0.4) is 0 Å². The lowest BCUT2D eigenvalue weighted by atomic mass is 10.0. The lowest BCUT2D eigenvalue weighted by Gasteiger charge is -2.11. The Hall–Kier alpha value is -3.00. The highest BCUT2D eigenvalue weighted by Crippen LogP contribution is 2.31. The van der Waals surface area contributed by atoms with E-state index >= 15 is 0 Å². The van der Waals surface area contributed by atoms with Crippen molar-refractivity contribution in [2.45, 2.75) is 0 Å². The first kappa shape index (κ1) is 15.9. The Morgan fingerprint density at radius 1 is 1.21 bits per heavy atom. The molecule has 0 spiro atoms. The smallest absolute Gasteiger partial charge is 0.222 e. The van der Waals surface area contributed by atoms with Crippen LogP contribution in [0.5, 0.6) is 11.5 Å². The molecule has 24 heavy (non-hydrogen) atoms. The molecule has 3 rings (SSSR count). The van der Waals surface area contributed by atoms with Crippen molar-refractivity contribution in [3.8, 4) is 11.5 Å². The molecule has 0 amide bonds. The van der Waals surface area contributed by atoms with Gasteiger partial charge < -0.3 is 15.2 Å². The predicted octanol–water partition coefficient (Wildman–Crippen LogP) is 2.52. The average Bonchev–Trinajstić information content (AvgIpc) is 3.02. The molecular weight excluding hydrogens is 328 g/mol. The zero-order chi connectivity index (χ0) is 17.3. The van der Waals surface area contributed by atoms with Gasteiger partial charge in [0.2, 0.25) is 5.95 Å². The number of aromatic nitrogens is 2. The van der Waals surface area contributed by atoms with Gasteiger partial charge in [0.25, 0.3) is 0 Å². The van der Waals surface area contributed by atoms with Crippen LogP contribution in [0.1, 0.15) is 20.9 Å². The van der Waals surface area contributed by atoms with Crippen molar-refractivity contribution in [1.29, 1.82) is 5.41 Å². The van der Waals surface area contributed by atoms with Gasteiger partial charge in [-0.15, -0.1) is 11.3 Å². The monoisotopic (exact) mass is 342 g/mol. The van der Waals surface area contributed by atoms with E-state index in [0.717, 1.165) is 6.29 Å². The van der Waals surface area contributed by atoms with Gasteiger partial charge in [-0.25, -0.2) is 9.97 Å². The molecule has 3 N–H and O–H groups in total. The number of hydrogen-bond acceptors (Lipinski definition) is 8. The Kier molecular flexibility index (Phi) is 4.13. The van der Waals surface area contributed by atoms with Gasteiger partial charge in [-0.05, 0) is 24.3 Å². The molecule has 8 heteroatoms. The first-order valence-electron chi connectivity index (χ1n) is 6.91. The third kappa shape index (κ3) is 2.67. The average molecular weight is 342 g/mol. The van der Waals surface area contributed by atoms with Gasteiger partial charge in [0.15, 0.2) is 17.8 Å². The molecule has 2 aromatic heterocycles. The minimum absolute atomic E-state index is 0.0574. The topological polar surface area (TPSA) is 111 Å². The lowest BCUT2D eigenvalue weighted by Crippen LogP contribution is -2.08. The van der Waals surface area contributed by atoms with E-state index in [4.69, 9.17) is 20.6 Å². The fraction of sp³-hybridized carbons (Fsp3) is 0.125. The van der Waals surface area contributed by atoms with Crippen LogP contribution >= 0.6 is 11.3 Å². The fourth-order valence-corrected chi connectivity index (χ4v) is 3.19. The molecule has 7 nitrogen and oxygen atoms in total. The van der Waals surface area contributed by atoms with Crippen molar-refractivity contribution < 1.29 is 14.3 Å². The first-order chi connectivity index (χ1) is 11.6. The number of rotatable bonds is 5. The summed E-state index contributed by atoms with van der Waals surface area (Å²) in [6, 6.07) is 6.81. The number of carbonyl (C=O) groups excluding carboxylic acids is 1. The number of nitrogen functional groups attached to an aromatic ring is 1. The van der Waals surface area contributed by atoms with Gasteiger partial charge >= 0.3 is 0 Å². The number of nitrogens with one attached hydrogen (secondary N) is 1. The van der Waals surface area contributed by atoms with Crippen molar-refractivity contribution >= 4 is 39.5 Å². The van der Waals surface area contributed by atoms with E-state index in [9.17, 15) is 4.79 Å². The van der Waals surface area contributed by atoms with Crippen LogP contribution in [-0.4, -0.2) is 36.2 Å². The molecular formula is C16H14N4O3S. The largest absolute Gasteiger partial charge is 0.493 e. The third-order valence-electron chi connectivity index (χ3n) is 3.45. The van der Waals surface area contributed by atoms with Gasteiger partial charge in [0, 0.05) is 10.9 Å². The second-order valence-corrected chi connectivity index (χ2v) is 5.92. The Morgan fingerprint density at radius 2 is 1.96 bits per heavy atom. The maximum absolute atomic E-state index is 11.0. The van der Waals surface area contributed by atoms with Crippen LogP contribution in [0.4, 0.5) is 5.95 Å². The summed E-state index contributed by atoms with van der Waals surface area (Å²) in [6.07, 6.45) is 0.742. The summed E-state index contributed by atoms with van der Waals surface area (Å²) < 4.78 is 10.5. The van der Waals surface area contributed by atoms with E-state index in [1.807, 2.05) is 0 Å². The van der Waals surface area contributed by atoms with E-state index < -0.39 is 0 Å². The predicted molar refractivity (Wildman–Crippen MR) is 92.7 cm³/mol. The Balaban J connectivity index is 2.14. The Labute approximate surface area is 141 Å². The van der Waals surface area contributed by atoms with E-state index in [-0.39, 0.29) is 11.7 Å². The van der Waals surface area contributed by atoms with Gasteiger partial charge in [-0.3, -0.25) is 10.2 Å². The van der Waals surface area contributed by atoms with Crippen molar-refractivity contribution in [2.75, 3.05) is 20.0 Å². The molecule has 0 saturated carbocycles. The summed E-state index contributed by atoms with van der Waals surface area (Å²) in [4.78, 5) is 20.4. The summed E-state index contributed by atoms with van der Waals surface area (Å²) in [5.74, 6) is 1.14. The Bertz CT molecular complexity index is 952. The maximum Gasteiger partial charge on any atom is 0.222 e. The van der Waals surface area contributed by atoms with Crippen LogP contribution in [-0.2, 0) is 0 Å². The van der Waals surface area contributed by atoms with Crippen molar-refractivity contribution in [3.05, 3.63) is 40.4 Å². The molecule has 2 heterocycles. The van der Waals surface area contributed by atoms with E-state index in [0.29, 0.717) is 37.9 Å². The zero-order valence-electron chi connectivity index (χ0n) is 13.0. The summed E-state index contributed by atoms with van der Waals surface area (Å²) in [5, 5.41) is 9.11. The van der Waals surface area contributed by atoms with Crippen LogP contribution < -0.4 is 15.2 Å². The van der Waals surface area contributed by atoms with Crippen molar-refractivity contribution in [3.63, 3.8) is 0 Å². The summed E-state index contributed by atoms with van der Waals surface area (Å²) >= 11 is 1.21. The van der Waals surface area contributed by atoms with Crippen LogP contribution in [0.25, 0.3) is 10.2 Å². The highest BCUT2D eigenvalue weighted by Gasteiger charge is 2.17. The van der Waals surface area contributed by atoms with Crippen molar-refractivity contribution in [2.24, 2.45) is 0 Å². The quantitative estimate of drug-likeness (QED) is 0.544. The normalized spacial score (nSPS) is 10.6. The van der Waals surface area contributed by atoms with E-state index in [2.05, 4.69) is 9.97 Å². The molecule has 0 radical (unpaired) electrons. The van der Waals surface area contributed by atoms with E-state index in [1.54, 1.807) is 31.4 Å². The third-order valence-corrected chi connectivity index (χ3v) is 4.41. The molecule has 0 aliphatic rings. The lowest BCUT2D eigenvalue weighted by molar-refractivity contribution is 0.112. The molecule has 0 atom stereocenters. The standard InChI is InChI=1S/C16H14N4O3S/c1-22-11-4-3-8(5-12(11)23-2)13(17)14-10-6-9(7-21)24-15(10)20-16(18)19-14/h3-7,17H,1-2H3,(H2,18,19,20). The van der Waals surface area contributed by atoms with Gasteiger partial charge in [0.1, 0.15) is 10.5 Å². The summed E-state index contributed by atoms with van der Waals surface area (Å²) in [7, 11) is 3.07. The second kappa shape index (κ2) is 6.25. The molecule has 0 bridgehead atoms. The minimum atomic E-state index is 0.0574. The maximum atomic E-state index is 11.0. The Morgan fingerprint density at radius 3 is 2.62 bits per heavy atom. The number of aldehydes is 1. The number of thiophene rings is 1. The molecule has 0 aliphatic carbocycles. The number of carbonyl (C=O) groups is 1. The van der Waals surface area contributed by atoms with Crippen LogP contribution in [0.15, 0.2) is 24.3 Å². The highest BCUT2D eigenvalue weighted by atomic mass is 32.1. The first-order valence-corrected chi connectivity index (χ1v) is 7.72. The molecule has 3 aromatic rings. The minimum Gasteiger partial charge on any atom is -0.493 e. The number of nitrogens with zero attached hydrogens (tertiary/aromatic N) is 2. The second-order valence-electron chi connectivity index (χ2n) is 4.86. The number of anilines is 1. The molecule has 0 saturated heterocycles.